The molecule has 102 valence electrons. The molecule has 0 atom stereocenters. The summed E-state index contributed by atoms with van der Waals surface area (Å²) in [6.45, 7) is 0. The zero-order valence-electron chi connectivity index (χ0n) is 8.43. The van der Waals surface area contributed by atoms with Gasteiger partial charge in [-0.1, -0.05) is 0 Å². The Kier molecular flexibility index (Phi) is 82.9. The van der Waals surface area contributed by atoms with Crippen LogP contribution in [0.5, 0.6) is 0 Å². The van der Waals surface area contributed by atoms with Gasteiger partial charge in [0.25, 0.3) is 0 Å². The summed E-state index contributed by atoms with van der Waals surface area (Å²) in [7, 11) is -11.7. The normalized spacial score (nSPS) is 5.68. The van der Waals surface area contributed by atoms with Crippen molar-refractivity contribution in [2.45, 2.75) is 0 Å². The van der Waals surface area contributed by atoms with Crippen molar-refractivity contribution in [3.63, 3.8) is 0 Å². The Balaban J connectivity index is -0.0000000192. The van der Waals surface area contributed by atoms with Gasteiger partial charge in [-0.25, -0.2) is 0 Å². The first-order valence-electron chi connectivity index (χ1n) is 2.83. The average molecular weight is 787 g/mol. The fourth-order valence-corrected chi connectivity index (χ4v) is 0. The molecule has 19 heavy (non-hydrogen) atoms. The zero-order chi connectivity index (χ0) is 14.3. The van der Waals surface area contributed by atoms with Crippen molar-refractivity contribution in [3.8, 4) is 0 Å². The summed E-state index contributed by atoms with van der Waals surface area (Å²) in [5, 5.41) is 101. The molecule has 0 bridgehead atoms. The van der Waals surface area contributed by atoms with E-state index in [2.05, 4.69) is 0 Å². The van der Waals surface area contributed by atoms with Gasteiger partial charge in [-0.3, -0.25) is 29.3 Å². The molecule has 0 aromatic heterocycles. The van der Waals surface area contributed by atoms with Gasteiger partial charge in [0, 0.05) is 0 Å². The van der Waals surface area contributed by atoms with Gasteiger partial charge in [0.1, 0.15) is 0 Å². The maximum atomic E-state index is 8.42. The molecule has 0 saturated heterocycles. The first-order chi connectivity index (χ1) is 6.93. The molecule has 0 aromatic carbocycles. The van der Waals surface area contributed by atoms with Crippen molar-refractivity contribution in [3.05, 3.63) is 0 Å². The Bertz CT molecular complexity index is 68.0. The van der Waals surface area contributed by atoms with Crippen LogP contribution in [-0.4, -0.2) is 29.3 Å². The molecule has 0 spiro atoms. The van der Waals surface area contributed by atoms with Gasteiger partial charge in [0.2, 0.25) is 0 Å². The Morgan fingerprint density at radius 2 is 0.263 bits per heavy atom. The number of hydrogen-bond donors (Lipinski definition) is 0. The van der Waals surface area contributed by atoms with Gasteiger partial charge >= 0.3 is 63.2 Å². The Morgan fingerprint density at radius 3 is 0.263 bits per heavy atom. The molecule has 0 rings (SSSR count). The minimum absolute atomic E-state index is 0. The van der Waals surface area contributed by atoms with E-state index in [1.165, 1.54) is 0 Å². The van der Waals surface area contributed by atoms with Crippen molar-refractivity contribution in [1.29, 1.82) is 0 Å². The monoisotopic (exact) mass is 788 g/mol. The van der Waals surface area contributed by atoms with Crippen molar-refractivity contribution < 1.29 is 123 Å². The molecule has 0 aromatic rings. The largest absolute Gasteiger partial charge is 4.00 e. The topological polar surface area (TPSA) is 277 Å². The second-order valence-corrected chi connectivity index (χ2v) is 1.15. The van der Waals surface area contributed by atoms with Crippen LogP contribution >= 0.6 is 0 Å². The van der Waals surface area contributed by atoms with Crippen LogP contribution in [0.3, 0.4) is 0 Å². The van der Waals surface area contributed by atoms with E-state index in [0.717, 1.165) is 0 Å². The second kappa shape index (κ2) is 36.8. The fourth-order valence-electron chi connectivity index (χ4n) is 0. The summed E-state index contributed by atoms with van der Waals surface area (Å²) >= 11 is 0. The summed E-state index contributed by atoms with van der Waals surface area (Å²) in [6.07, 6.45) is 0. The molecule has 12 nitrogen and oxygen atoms in total. The minimum atomic E-state index is -2.92. The average Bonchev–Trinajstić information content (AvgIpc) is 1.76. The predicted molar refractivity (Wildman–Crippen MR) is 23.0 cm³/mol. The summed E-state index contributed by atoms with van der Waals surface area (Å²) in [6, 6.07) is 0. The molecule has 0 radical (unpaired) electrons. The first-order valence-corrected chi connectivity index (χ1v) is 2.83. The van der Waals surface area contributed by atoms with Crippen LogP contribution < -0.4 is 60.3 Å². The standard InChI is InChI=1S/4BO3.3W/c4*2-1(3)4;;;/q4*-3;3*+4. The van der Waals surface area contributed by atoms with E-state index in [4.69, 9.17) is 60.3 Å². The Morgan fingerprint density at radius 1 is 0.263 bits per heavy atom. The van der Waals surface area contributed by atoms with Crippen LogP contribution in [0, 0.1) is 0 Å². The molecule has 0 aliphatic carbocycles. The van der Waals surface area contributed by atoms with Gasteiger partial charge in [0.15, 0.2) is 0 Å². The van der Waals surface area contributed by atoms with Crippen molar-refractivity contribution >= 4 is 29.3 Å². The molecule has 0 saturated carbocycles. The number of hydrogen-bond acceptors (Lipinski definition) is 12. The van der Waals surface area contributed by atoms with E-state index in [0.29, 0.717) is 0 Å². The van der Waals surface area contributed by atoms with Crippen LogP contribution in [0.4, 0.5) is 0 Å². The van der Waals surface area contributed by atoms with Crippen LogP contribution in [0.25, 0.3) is 0 Å². The maximum absolute atomic E-state index is 8.42. The SMILES string of the molecule is [O-]B([O-])[O-].[O-]B([O-])[O-].[O-]B([O-])[O-].[O-]B([O-])[O-].[W+4].[W+4].[W+4]. The van der Waals surface area contributed by atoms with Gasteiger partial charge in [-0.2, -0.15) is 0 Å². The first kappa shape index (κ1) is 42.8. The molecule has 0 N–H and O–H groups in total. The molecule has 0 unspecified atom stereocenters. The van der Waals surface area contributed by atoms with E-state index in [-0.39, 0.29) is 63.2 Å². The van der Waals surface area contributed by atoms with Gasteiger partial charge in [-0.05, 0) is 0 Å². The molecule has 0 aliphatic heterocycles. The molecule has 0 heterocycles. The van der Waals surface area contributed by atoms with E-state index >= 15 is 0 Å². The Labute approximate surface area is 152 Å². The summed E-state index contributed by atoms with van der Waals surface area (Å²) in [5.41, 5.74) is 0. The van der Waals surface area contributed by atoms with Crippen LogP contribution in [0.1, 0.15) is 0 Å². The Hall–Kier alpha value is 1.84. The third-order valence-corrected chi connectivity index (χ3v) is 0. The van der Waals surface area contributed by atoms with Crippen molar-refractivity contribution in [1.82, 2.24) is 0 Å². The van der Waals surface area contributed by atoms with E-state index in [9.17, 15) is 0 Å². The molecule has 19 heteroatoms. The fraction of sp³-hybridized carbons (Fsp3) is 0. The third-order valence-electron chi connectivity index (χ3n) is 0. The molecular formula is B4O12W3. The molecule has 0 fully saturated rings. The van der Waals surface area contributed by atoms with E-state index < -0.39 is 29.3 Å². The van der Waals surface area contributed by atoms with Gasteiger partial charge in [-0.15, -0.1) is 0 Å². The van der Waals surface area contributed by atoms with E-state index in [1.807, 2.05) is 0 Å². The smallest absolute Gasteiger partial charge is 0.907 e. The zero-order valence-corrected chi connectivity index (χ0v) is 17.2. The quantitative estimate of drug-likeness (QED) is 0.207. The van der Waals surface area contributed by atoms with Crippen molar-refractivity contribution in [2.75, 3.05) is 0 Å². The van der Waals surface area contributed by atoms with Gasteiger partial charge < -0.3 is 60.3 Å². The maximum Gasteiger partial charge on any atom is 4.00 e. The van der Waals surface area contributed by atoms with Crippen LogP contribution in [0.2, 0.25) is 0 Å². The summed E-state index contributed by atoms with van der Waals surface area (Å²) < 4.78 is 0. The molecular weight excluding hydrogens is 787 g/mol. The van der Waals surface area contributed by atoms with Crippen molar-refractivity contribution in [2.24, 2.45) is 0 Å². The van der Waals surface area contributed by atoms with Gasteiger partial charge in [0.05, 0.1) is 0 Å². The second-order valence-electron chi connectivity index (χ2n) is 1.15. The third kappa shape index (κ3) is 1860. The molecule has 0 amide bonds. The molecule has 0 aliphatic rings. The minimum Gasteiger partial charge on any atom is -0.907 e. The summed E-state index contributed by atoms with van der Waals surface area (Å²) in [4.78, 5) is 0. The van der Waals surface area contributed by atoms with Crippen LogP contribution in [0.15, 0.2) is 0 Å². The summed E-state index contributed by atoms with van der Waals surface area (Å²) in [5.74, 6) is 0. The van der Waals surface area contributed by atoms with E-state index in [1.54, 1.807) is 0 Å². The number of rotatable bonds is 0. The van der Waals surface area contributed by atoms with Crippen LogP contribution in [-0.2, 0) is 63.2 Å². The predicted octanol–water partition coefficient (Wildman–Crippen LogP) is -15.8.